The van der Waals surface area contributed by atoms with Gasteiger partial charge in [0.25, 0.3) is 0 Å². The Morgan fingerprint density at radius 2 is 1.80 bits per heavy atom. The highest BCUT2D eigenvalue weighted by Crippen LogP contribution is 2.31. The van der Waals surface area contributed by atoms with Gasteiger partial charge in [0.2, 0.25) is 0 Å². The predicted octanol–water partition coefficient (Wildman–Crippen LogP) is 0.609. The molecule has 0 bridgehead atoms. The number of aliphatic hydroxyl groups excluding tert-OH is 3. The van der Waals surface area contributed by atoms with Gasteiger partial charge in [-0.2, -0.15) is 0 Å². The molecule has 0 unspecified atom stereocenters. The van der Waals surface area contributed by atoms with Crippen LogP contribution in [0.3, 0.4) is 0 Å². The first kappa shape index (κ1) is 15.8. The predicted molar refractivity (Wildman–Crippen MR) is 70.8 cm³/mol. The zero-order valence-corrected chi connectivity index (χ0v) is 11.4. The van der Waals surface area contributed by atoms with E-state index < -0.39 is 36.7 Å². The molecular weight excluding hydrogens is 268 g/mol. The molecular formula is C14H23F2NO3. The van der Waals surface area contributed by atoms with Crippen molar-refractivity contribution in [2.75, 3.05) is 13.2 Å². The summed E-state index contributed by atoms with van der Waals surface area (Å²) in [5.41, 5.74) is -1.28. The molecule has 0 spiro atoms. The monoisotopic (exact) mass is 291 g/mol. The molecule has 0 radical (unpaired) electrons. The SMILES string of the molecule is O[C@@H]1[C@@H](O)[C@@H](O)C(CF)=C[C@H]1NCC1(F)CCCCC1. The Hall–Kier alpha value is -0.560. The second kappa shape index (κ2) is 6.47. The van der Waals surface area contributed by atoms with Crippen molar-refractivity contribution in [2.45, 2.75) is 62.1 Å². The number of nitrogens with one attached hydrogen (secondary N) is 1. The smallest absolute Gasteiger partial charge is 0.123 e. The largest absolute Gasteiger partial charge is 0.388 e. The summed E-state index contributed by atoms with van der Waals surface area (Å²) in [4.78, 5) is 0. The molecule has 0 amide bonds. The van der Waals surface area contributed by atoms with E-state index in [0.29, 0.717) is 12.8 Å². The Balaban J connectivity index is 1.98. The minimum atomic E-state index is -1.45. The summed E-state index contributed by atoms with van der Waals surface area (Å²) < 4.78 is 27.2. The van der Waals surface area contributed by atoms with Gasteiger partial charge < -0.3 is 20.6 Å². The average molecular weight is 291 g/mol. The van der Waals surface area contributed by atoms with Crippen LogP contribution < -0.4 is 5.32 Å². The maximum Gasteiger partial charge on any atom is 0.123 e. The lowest BCUT2D eigenvalue weighted by Gasteiger charge is -2.37. The minimum Gasteiger partial charge on any atom is -0.388 e. The van der Waals surface area contributed by atoms with Gasteiger partial charge in [0.15, 0.2) is 0 Å². The molecule has 4 N–H and O–H groups in total. The lowest BCUT2D eigenvalue weighted by molar-refractivity contribution is -0.0646. The highest BCUT2D eigenvalue weighted by Gasteiger charge is 2.39. The molecule has 1 fully saturated rings. The first-order valence-electron chi connectivity index (χ1n) is 7.20. The lowest BCUT2D eigenvalue weighted by atomic mass is 9.85. The highest BCUT2D eigenvalue weighted by molar-refractivity contribution is 5.21. The topological polar surface area (TPSA) is 72.7 Å². The van der Waals surface area contributed by atoms with E-state index in [-0.39, 0.29) is 12.1 Å². The molecule has 2 rings (SSSR count). The van der Waals surface area contributed by atoms with Gasteiger partial charge in [0, 0.05) is 6.54 Å². The van der Waals surface area contributed by atoms with Crippen LogP contribution >= 0.6 is 0 Å². The van der Waals surface area contributed by atoms with E-state index in [4.69, 9.17) is 0 Å². The molecule has 2 aliphatic rings. The summed E-state index contributed by atoms with van der Waals surface area (Å²) in [5, 5.41) is 32.0. The Morgan fingerprint density at radius 1 is 1.15 bits per heavy atom. The van der Waals surface area contributed by atoms with Crippen LogP contribution in [0.15, 0.2) is 11.6 Å². The third-order valence-corrected chi connectivity index (χ3v) is 4.37. The molecule has 1 saturated carbocycles. The minimum absolute atomic E-state index is 0.0249. The maximum absolute atomic E-state index is 14.5. The molecule has 0 aromatic heterocycles. The van der Waals surface area contributed by atoms with Gasteiger partial charge in [0.05, 0.1) is 6.04 Å². The van der Waals surface area contributed by atoms with Crippen LogP contribution in [-0.2, 0) is 0 Å². The summed E-state index contributed by atoms with van der Waals surface area (Å²) in [6.45, 7) is -0.836. The summed E-state index contributed by atoms with van der Waals surface area (Å²) in [7, 11) is 0. The van der Waals surface area contributed by atoms with E-state index in [1.54, 1.807) is 0 Å². The standard InChI is InChI=1S/C14H23F2NO3/c15-7-9-6-10(12(19)13(20)11(9)18)17-8-14(16)4-2-1-3-5-14/h6,10-13,17-20H,1-5,7-8H2/t10-,11+,12+,13+/m1/s1. The number of aliphatic hydroxyl groups is 3. The second-order valence-electron chi connectivity index (χ2n) is 5.92. The van der Waals surface area contributed by atoms with Crippen molar-refractivity contribution in [1.82, 2.24) is 5.32 Å². The molecule has 0 heterocycles. The second-order valence-corrected chi connectivity index (χ2v) is 5.92. The van der Waals surface area contributed by atoms with Gasteiger partial charge in [-0.1, -0.05) is 25.3 Å². The van der Waals surface area contributed by atoms with E-state index >= 15 is 0 Å². The van der Waals surface area contributed by atoms with Crippen molar-refractivity contribution in [3.63, 3.8) is 0 Å². The van der Waals surface area contributed by atoms with E-state index in [9.17, 15) is 24.1 Å². The molecule has 0 aromatic rings. The highest BCUT2D eigenvalue weighted by atomic mass is 19.1. The fourth-order valence-corrected chi connectivity index (χ4v) is 3.01. The molecule has 116 valence electrons. The molecule has 0 saturated heterocycles. The molecule has 6 heteroatoms. The number of alkyl halides is 2. The van der Waals surface area contributed by atoms with Crippen LogP contribution in [0.25, 0.3) is 0 Å². The van der Waals surface area contributed by atoms with E-state index in [1.807, 2.05) is 0 Å². The van der Waals surface area contributed by atoms with Crippen molar-refractivity contribution >= 4 is 0 Å². The van der Waals surface area contributed by atoms with Gasteiger partial charge in [-0.15, -0.1) is 0 Å². The van der Waals surface area contributed by atoms with Crippen molar-refractivity contribution in [3.8, 4) is 0 Å². The zero-order valence-electron chi connectivity index (χ0n) is 11.4. The van der Waals surface area contributed by atoms with Crippen molar-refractivity contribution in [3.05, 3.63) is 11.6 Å². The maximum atomic E-state index is 14.5. The van der Waals surface area contributed by atoms with E-state index in [2.05, 4.69) is 5.32 Å². The van der Waals surface area contributed by atoms with Gasteiger partial charge in [0.1, 0.15) is 30.7 Å². The van der Waals surface area contributed by atoms with Gasteiger partial charge >= 0.3 is 0 Å². The third kappa shape index (κ3) is 3.36. The van der Waals surface area contributed by atoms with Gasteiger partial charge in [-0.3, -0.25) is 0 Å². The zero-order chi connectivity index (χ0) is 14.8. The Labute approximate surface area is 117 Å². The first-order chi connectivity index (χ1) is 9.47. The van der Waals surface area contributed by atoms with Crippen LogP contribution in [0.4, 0.5) is 8.78 Å². The van der Waals surface area contributed by atoms with Crippen LogP contribution in [0.1, 0.15) is 32.1 Å². The Morgan fingerprint density at radius 3 is 2.40 bits per heavy atom. The molecule has 0 aromatic carbocycles. The quantitative estimate of drug-likeness (QED) is 0.573. The van der Waals surface area contributed by atoms with Crippen LogP contribution in [0.5, 0.6) is 0 Å². The normalized spacial score (nSPS) is 37.5. The Bertz CT molecular complexity index is 358. The number of rotatable bonds is 4. The van der Waals surface area contributed by atoms with Crippen molar-refractivity contribution in [1.29, 1.82) is 0 Å². The summed E-state index contributed by atoms with van der Waals surface area (Å²) >= 11 is 0. The molecule has 4 nitrogen and oxygen atoms in total. The van der Waals surface area contributed by atoms with Crippen LogP contribution in [-0.4, -0.2) is 58.6 Å². The lowest BCUT2D eigenvalue weighted by Crippen LogP contribution is -2.56. The summed E-state index contributed by atoms with van der Waals surface area (Å²) in [6.07, 6.45) is 0.917. The third-order valence-electron chi connectivity index (χ3n) is 4.37. The fraction of sp³-hybridized carbons (Fsp3) is 0.857. The molecule has 4 atom stereocenters. The van der Waals surface area contributed by atoms with Crippen molar-refractivity contribution in [2.24, 2.45) is 0 Å². The van der Waals surface area contributed by atoms with Crippen LogP contribution in [0, 0.1) is 0 Å². The fourth-order valence-electron chi connectivity index (χ4n) is 3.01. The number of halogens is 2. The summed E-state index contributed by atoms with van der Waals surface area (Å²) in [5.74, 6) is 0. The van der Waals surface area contributed by atoms with Gasteiger partial charge in [-0.25, -0.2) is 8.78 Å². The molecule has 20 heavy (non-hydrogen) atoms. The van der Waals surface area contributed by atoms with E-state index in [0.717, 1.165) is 19.3 Å². The van der Waals surface area contributed by atoms with E-state index in [1.165, 1.54) is 6.08 Å². The first-order valence-corrected chi connectivity index (χ1v) is 7.20. The molecule has 2 aliphatic carbocycles. The summed E-state index contributed by atoms with van der Waals surface area (Å²) in [6, 6.07) is -0.742. The Kier molecular flexibility index (Phi) is 5.12. The number of hydrogen-bond donors (Lipinski definition) is 4. The van der Waals surface area contributed by atoms with Crippen molar-refractivity contribution < 1.29 is 24.1 Å². The van der Waals surface area contributed by atoms with Crippen LogP contribution in [0.2, 0.25) is 0 Å². The van der Waals surface area contributed by atoms with Gasteiger partial charge in [-0.05, 0) is 18.4 Å². The average Bonchev–Trinajstić information content (AvgIpc) is 2.45. The number of hydrogen-bond acceptors (Lipinski definition) is 4. The molecule has 0 aliphatic heterocycles.